The van der Waals surface area contributed by atoms with Crippen LogP contribution in [0.3, 0.4) is 0 Å². The van der Waals surface area contributed by atoms with Crippen molar-refractivity contribution in [3.8, 4) is 0 Å². The molecule has 0 amide bonds. The molecule has 1 heterocycles. The zero-order valence-corrected chi connectivity index (χ0v) is 11.2. The first-order valence-corrected chi connectivity index (χ1v) is 6.64. The molecular formula is C13H11BrOS. The standard InChI is InChI=1S/C13H11BrOS/c1-9(10-5-3-2-4-6-10)13(15)11-7-8-12(14)16-11/h2-9H,1H3. The monoisotopic (exact) mass is 294 g/mol. The highest BCUT2D eigenvalue weighted by atomic mass is 79.9. The predicted octanol–water partition coefficient (Wildman–Crippen LogP) is 4.50. The van der Waals surface area contributed by atoms with Crippen LogP contribution in [-0.2, 0) is 0 Å². The number of ketones is 1. The summed E-state index contributed by atoms with van der Waals surface area (Å²) in [6, 6.07) is 13.7. The van der Waals surface area contributed by atoms with Crippen LogP contribution in [0.25, 0.3) is 0 Å². The van der Waals surface area contributed by atoms with Gasteiger partial charge in [0.25, 0.3) is 0 Å². The van der Waals surface area contributed by atoms with Gasteiger partial charge in [0.2, 0.25) is 0 Å². The Hall–Kier alpha value is -0.930. The molecule has 0 bridgehead atoms. The molecule has 3 heteroatoms. The molecule has 0 aliphatic rings. The second kappa shape index (κ2) is 4.93. The lowest BCUT2D eigenvalue weighted by Crippen LogP contribution is -2.07. The van der Waals surface area contributed by atoms with Crippen molar-refractivity contribution >= 4 is 33.0 Å². The van der Waals surface area contributed by atoms with Gasteiger partial charge in [0.15, 0.2) is 5.78 Å². The molecule has 82 valence electrons. The summed E-state index contributed by atoms with van der Waals surface area (Å²) in [5, 5.41) is 0. The van der Waals surface area contributed by atoms with E-state index >= 15 is 0 Å². The van der Waals surface area contributed by atoms with Crippen LogP contribution in [0.2, 0.25) is 0 Å². The van der Waals surface area contributed by atoms with E-state index in [1.54, 1.807) is 0 Å². The van der Waals surface area contributed by atoms with Crippen molar-refractivity contribution in [3.63, 3.8) is 0 Å². The zero-order chi connectivity index (χ0) is 11.5. The van der Waals surface area contributed by atoms with E-state index in [1.807, 2.05) is 49.4 Å². The minimum atomic E-state index is -0.0771. The van der Waals surface area contributed by atoms with E-state index in [4.69, 9.17) is 0 Å². The molecule has 0 spiro atoms. The fraction of sp³-hybridized carbons (Fsp3) is 0.154. The first kappa shape index (κ1) is 11.6. The van der Waals surface area contributed by atoms with Crippen molar-refractivity contribution in [1.82, 2.24) is 0 Å². The first-order valence-electron chi connectivity index (χ1n) is 5.03. The molecule has 0 aliphatic heterocycles. The molecule has 0 saturated carbocycles. The zero-order valence-electron chi connectivity index (χ0n) is 8.81. The van der Waals surface area contributed by atoms with Gasteiger partial charge in [0.1, 0.15) is 0 Å². The van der Waals surface area contributed by atoms with E-state index in [9.17, 15) is 4.79 Å². The SMILES string of the molecule is CC(C(=O)c1ccc(Br)s1)c1ccccc1. The number of hydrogen-bond donors (Lipinski definition) is 0. The molecule has 0 aliphatic carbocycles. The number of halogens is 1. The Morgan fingerprint density at radius 1 is 1.19 bits per heavy atom. The summed E-state index contributed by atoms with van der Waals surface area (Å²) in [6.07, 6.45) is 0. The number of carbonyl (C=O) groups excluding carboxylic acids is 1. The van der Waals surface area contributed by atoms with Gasteiger partial charge in [-0.1, -0.05) is 37.3 Å². The van der Waals surface area contributed by atoms with Gasteiger partial charge in [-0.25, -0.2) is 0 Å². The van der Waals surface area contributed by atoms with Crippen LogP contribution in [0.1, 0.15) is 28.1 Å². The quantitative estimate of drug-likeness (QED) is 0.762. The van der Waals surface area contributed by atoms with Gasteiger partial charge in [0, 0.05) is 5.92 Å². The summed E-state index contributed by atoms with van der Waals surface area (Å²) < 4.78 is 0.996. The van der Waals surface area contributed by atoms with Crippen molar-refractivity contribution in [2.45, 2.75) is 12.8 Å². The van der Waals surface area contributed by atoms with Crippen LogP contribution in [0, 0.1) is 0 Å². The summed E-state index contributed by atoms with van der Waals surface area (Å²) >= 11 is 4.86. The molecule has 16 heavy (non-hydrogen) atoms. The average Bonchev–Trinajstić information content (AvgIpc) is 2.75. The van der Waals surface area contributed by atoms with E-state index in [2.05, 4.69) is 15.9 Å². The predicted molar refractivity (Wildman–Crippen MR) is 71.2 cm³/mol. The third-order valence-electron chi connectivity index (χ3n) is 2.51. The summed E-state index contributed by atoms with van der Waals surface area (Å²) in [6.45, 7) is 1.95. The molecule has 0 radical (unpaired) electrons. The Morgan fingerprint density at radius 3 is 2.44 bits per heavy atom. The Balaban J connectivity index is 2.23. The molecule has 2 rings (SSSR count). The molecule has 0 saturated heterocycles. The summed E-state index contributed by atoms with van der Waals surface area (Å²) in [7, 11) is 0. The second-order valence-corrected chi connectivity index (χ2v) is 6.06. The number of carbonyl (C=O) groups is 1. The maximum Gasteiger partial charge on any atom is 0.179 e. The van der Waals surface area contributed by atoms with Crippen molar-refractivity contribution in [1.29, 1.82) is 0 Å². The minimum Gasteiger partial charge on any atom is -0.293 e. The molecule has 1 nitrogen and oxygen atoms in total. The lowest BCUT2D eigenvalue weighted by atomic mass is 9.96. The van der Waals surface area contributed by atoms with Crippen LogP contribution in [0.4, 0.5) is 0 Å². The third kappa shape index (κ3) is 2.42. The van der Waals surface area contributed by atoms with Crippen molar-refractivity contribution in [3.05, 3.63) is 56.7 Å². The van der Waals surface area contributed by atoms with Crippen LogP contribution in [0.5, 0.6) is 0 Å². The highest BCUT2D eigenvalue weighted by Crippen LogP contribution is 2.27. The summed E-state index contributed by atoms with van der Waals surface area (Å²) in [5.41, 5.74) is 1.07. The number of Topliss-reactive ketones (excluding diaryl/α,β-unsaturated/α-hetero) is 1. The van der Waals surface area contributed by atoms with Gasteiger partial charge >= 0.3 is 0 Å². The summed E-state index contributed by atoms with van der Waals surface area (Å²) in [4.78, 5) is 13.0. The molecule has 2 aromatic rings. The van der Waals surface area contributed by atoms with Crippen LogP contribution in [0.15, 0.2) is 46.3 Å². The van der Waals surface area contributed by atoms with Crippen LogP contribution < -0.4 is 0 Å². The van der Waals surface area contributed by atoms with E-state index in [-0.39, 0.29) is 11.7 Å². The van der Waals surface area contributed by atoms with Gasteiger partial charge in [-0.15, -0.1) is 11.3 Å². The highest BCUT2D eigenvalue weighted by molar-refractivity contribution is 9.11. The fourth-order valence-corrected chi connectivity index (χ4v) is 2.97. The maximum atomic E-state index is 12.1. The summed E-state index contributed by atoms with van der Waals surface area (Å²) in [5.74, 6) is 0.105. The smallest absolute Gasteiger partial charge is 0.179 e. The van der Waals surface area contributed by atoms with Gasteiger partial charge in [0.05, 0.1) is 8.66 Å². The van der Waals surface area contributed by atoms with Crippen molar-refractivity contribution in [2.75, 3.05) is 0 Å². The van der Waals surface area contributed by atoms with E-state index in [0.29, 0.717) is 0 Å². The molecule has 1 atom stereocenters. The first-order chi connectivity index (χ1) is 7.68. The largest absolute Gasteiger partial charge is 0.293 e. The average molecular weight is 295 g/mol. The Kier molecular flexibility index (Phi) is 3.56. The topological polar surface area (TPSA) is 17.1 Å². The highest BCUT2D eigenvalue weighted by Gasteiger charge is 2.18. The normalized spacial score (nSPS) is 12.4. The van der Waals surface area contributed by atoms with Gasteiger partial charge in [-0.3, -0.25) is 4.79 Å². The van der Waals surface area contributed by atoms with E-state index in [1.165, 1.54) is 11.3 Å². The molecule has 0 N–H and O–H groups in total. The van der Waals surface area contributed by atoms with Crippen LogP contribution in [-0.4, -0.2) is 5.78 Å². The van der Waals surface area contributed by atoms with Crippen LogP contribution >= 0.6 is 27.3 Å². The molecule has 0 fully saturated rings. The Morgan fingerprint density at radius 2 is 1.88 bits per heavy atom. The third-order valence-corrected chi connectivity index (χ3v) is 4.15. The Bertz CT molecular complexity index is 490. The lowest BCUT2D eigenvalue weighted by molar-refractivity contribution is 0.0970. The fourth-order valence-electron chi connectivity index (χ4n) is 1.55. The van der Waals surface area contributed by atoms with E-state index < -0.39 is 0 Å². The van der Waals surface area contributed by atoms with Crippen molar-refractivity contribution in [2.24, 2.45) is 0 Å². The van der Waals surface area contributed by atoms with Gasteiger partial charge in [-0.05, 0) is 33.6 Å². The molecule has 1 aromatic carbocycles. The lowest BCUT2D eigenvalue weighted by Gasteiger charge is -2.08. The van der Waals surface area contributed by atoms with Gasteiger partial charge < -0.3 is 0 Å². The maximum absolute atomic E-state index is 12.1. The van der Waals surface area contributed by atoms with E-state index in [0.717, 1.165) is 14.2 Å². The molecule has 1 aromatic heterocycles. The van der Waals surface area contributed by atoms with Gasteiger partial charge in [-0.2, -0.15) is 0 Å². The second-order valence-electron chi connectivity index (χ2n) is 3.60. The number of thiophene rings is 1. The Labute approximate surface area is 107 Å². The molecular weight excluding hydrogens is 284 g/mol. The minimum absolute atomic E-state index is 0.0771. The number of rotatable bonds is 3. The molecule has 1 unspecified atom stereocenters. The number of benzene rings is 1. The van der Waals surface area contributed by atoms with Crippen molar-refractivity contribution < 1.29 is 4.79 Å². The number of hydrogen-bond acceptors (Lipinski definition) is 2.